The van der Waals surface area contributed by atoms with Gasteiger partial charge in [0.2, 0.25) is 0 Å². The normalized spacial score (nSPS) is 12.7. The smallest absolute Gasteiger partial charge is 0.287 e. The fourth-order valence-electron chi connectivity index (χ4n) is 3.30. The summed E-state index contributed by atoms with van der Waals surface area (Å²) in [5.74, 6) is 0.924. The van der Waals surface area contributed by atoms with E-state index in [2.05, 4.69) is 15.5 Å². The molecular weight excluding hydrogens is 448 g/mol. The molecule has 0 radical (unpaired) electrons. The van der Waals surface area contributed by atoms with Crippen LogP contribution in [0, 0.1) is 0 Å². The Labute approximate surface area is 190 Å². The molecule has 10 heteroatoms. The topological polar surface area (TPSA) is 107 Å². The first-order valence-corrected chi connectivity index (χ1v) is 13.0. The first-order chi connectivity index (χ1) is 15.5. The SMILES string of the molecule is CSCCC(NC(=O)c1ccc(CS(=O)(=O)c2ccccc2)o1)c1nnc2ccccn12. The third-order valence-electron chi connectivity index (χ3n) is 4.89. The van der Waals surface area contributed by atoms with Crippen molar-refractivity contribution in [1.29, 1.82) is 0 Å². The molecule has 0 aliphatic carbocycles. The first kappa shape index (κ1) is 22.1. The van der Waals surface area contributed by atoms with E-state index in [0.717, 1.165) is 5.75 Å². The molecule has 0 aliphatic rings. The number of pyridine rings is 1. The number of furan rings is 1. The van der Waals surface area contributed by atoms with Gasteiger partial charge in [-0.3, -0.25) is 9.20 Å². The van der Waals surface area contributed by atoms with E-state index in [1.165, 1.54) is 24.3 Å². The highest BCUT2D eigenvalue weighted by molar-refractivity contribution is 7.98. The second-order valence-electron chi connectivity index (χ2n) is 7.13. The average molecular weight is 471 g/mol. The van der Waals surface area contributed by atoms with Gasteiger partial charge in [-0.05, 0) is 54.8 Å². The van der Waals surface area contributed by atoms with Gasteiger partial charge in [-0.2, -0.15) is 11.8 Å². The zero-order chi connectivity index (χ0) is 22.6. The van der Waals surface area contributed by atoms with Crippen molar-refractivity contribution in [2.75, 3.05) is 12.0 Å². The minimum absolute atomic E-state index is 0.0474. The summed E-state index contributed by atoms with van der Waals surface area (Å²) in [6.45, 7) is 0. The molecule has 0 saturated heterocycles. The highest BCUT2D eigenvalue weighted by Gasteiger charge is 2.23. The van der Waals surface area contributed by atoms with Gasteiger partial charge in [0.05, 0.1) is 10.9 Å². The molecule has 0 aliphatic heterocycles. The molecule has 0 saturated carbocycles. The van der Waals surface area contributed by atoms with Crippen molar-refractivity contribution >= 4 is 33.2 Å². The molecule has 166 valence electrons. The fraction of sp³-hybridized carbons (Fsp3) is 0.227. The lowest BCUT2D eigenvalue weighted by Gasteiger charge is -2.16. The number of nitrogens with zero attached hydrogens (tertiary/aromatic N) is 3. The molecular formula is C22H22N4O4S2. The van der Waals surface area contributed by atoms with E-state index in [1.54, 1.807) is 30.0 Å². The van der Waals surface area contributed by atoms with E-state index < -0.39 is 15.7 Å². The predicted octanol–water partition coefficient (Wildman–Crippen LogP) is 3.52. The van der Waals surface area contributed by atoms with Crippen molar-refractivity contribution in [3.8, 4) is 0 Å². The number of carbonyl (C=O) groups excluding carboxylic acids is 1. The highest BCUT2D eigenvalue weighted by Crippen LogP contribution is 2.21. The Bertz CT molecular complexity index is 1320. The molecule has 3 heterocycles. The van der Waals surface area contributed by atoms with Crippen molar-refractivity contribution in [2.45, 2.75) is 23.1 Å². The van der Waals surface area contributed by atoms with Gasteiger partial charge in [0.25, 0.3) is 5.91 Å². The average Bonchev–Trinajstić information content (AvgIpc) is 3.44. The van der Waals surface area contributed by atoms with Crippen LogP contribution in [0.2, 0.25) is 0 Å². The number of hydrogen-bond donors (Lipinski definition) is 1. The Kier molecular flexibility index (Phi) is 6.61. The Balaban J connectivity index is 1.51. The van der Waals surface area contributed by atoms with Crippen molar-refractivity contribution < 1.29 is 17.6 Å². The molecule has 4 rings (SSSR count). The summed E-state index contributed by atoms with van der Waals surface area (Å²) in [4.78, 5) is 13.1. The summed E-state index contributed by atoms with van der Waals surface area (Å²) in [5.41, 5.74) is 0.692. The number of benzene rings is 1. The first-order valence-electron chi connectivity index (χ1n) is 9.94. The summed E-state index contributed by atoms with van der Waals surface area (Å²) in [6, 6.07) is 16.3. The Morgan fingerprint density at radius 1 is 1.09 bits per heavy atom. The van der Waals surface area contributed by atoms with Crippen molar-refractivity contribution in [1.82, 2.24) is 19.9 Å². The van der Waals surface area contributed by atoms with Crippen LogP contribution in [0.5, 0.6) is 0 Å². The molecule has 32 heavy (non-hydrogen) atoms. The predicted molar refractivity (Wildman–Crippen MR) is 122 cm³/mol. The number of carbonyl (C=O) groups is 1. The maximum atomic E-state index is 12.9. The van der Waals surface area contributed by atoms with E-state index in [9.17, 15) is 13.2 Å². The van der Waals surface area contributed by atoms with Crippen LogP contribution in [-0.2, 0) is 15.6 Å². The molecule has 1 aromatic carbocycles. The second kappa shape index (κ2) is 9.58. The Hall–Kier alpha value is -3.11. The molecule has 3 aromatic heterocycles. The summed E-state index contributed by atoms with van der Waals surface area (Å²) in [5, 5.41) is 11.4. The van der Waals surface area contributed by atoms with E-state index in [0.29, 0.717) is 17.9 Å². The second-order valence-corrected chi connectivity index (χ2v) is 10.1. The van der Waals surface area contributed by atoms with Gasteiger partial charge in [-0.1, -0.05) is 24.3 Å². The van der Waals surface area contributed by atoms with Gasteiger partial charge in [0.1, 0.15) is 11.5 Å². The number of amides is 1. The number of fused-ring (bicyclic) bond motifs is 1. The molecule has 0 fully saturated rings. The van der Waals surface area contributed by atoms with Gasteiger partial charge in [0, 0.05) is 6.20 Å². The van der Waals surface area contributed by atoms with Gasteiger partial charge >= 0.3 is 0 Å². The van der Waals surface area contributed by atoms with Crippen LogP contribution >= 0.6 is 11.8 Å². The van der Waals surface area contributed by atoms with Crippen molar-refractivity contribution in [3.05, 3.63) is 84.2 Å². The number of thioether (sulfide) groups is 1. The summed E-state index contributed by atoms with van der Waals surface area (Å²) in [6.07, 6.45) is 4.49. The molecule has 1 amide bonds. The van der Waals surface area contributed by atoms with Crippen molar-refractivity contribution in [3.63, 3.8) is 0 Å². The Morgan fingerprint density at radius 3 is 2.66 bits per heavy atom. The lowest BCUT2D eigenvalue weighted by Crippen LogP contribution is -2.30. The summed E-state index contributed by atoms with van der Waals surface area (Å²) in [7, 11) is -3.57. The van der Waals surface area contributed by atoms with Crippen LogP contribution in [0.15, 0.2) is 76.2 Å². The zero-order valence-corrected chi connectivity index (χ0v) is 19.0. The highest BCUT2D eigenvalue weighted by atomic mass is 32.2. The molecule has 4 aromatic rings. The molecule has 1 unspecified atom stereocenters. The molecule has 0 spiro atoms. The maximum absolute atomic E-state index is 12.9. The van der Waals surface area contributed by atoms with E-state index in [-0.39, 0.29) is 28.2 Å². The van der Waals surface area contributed by atoms with Crippen LogP contribution in [0.3, 0.4) is 0 Å². The lowest BCUT2D eigenvalue weighted by molar-refractivity contribution is 0.0904. The van der Waals surface area contributed by atoms with Gasteiger partial charge < -0.3 is 9.73 Å². The summed E-state index contributed by atoms with van der Waals surface area (Å²) >= 11 is 1.67. The number of aromatic nitrogens is 3. The quantitative estimate of drug-likeness (QED) is 0.399. The van der Waals surface area contributed by atoms with Crippen LogP contribution in [-0.4, -0.2) is 40.9 Å². The maximum Gasteiger partial charge on any atom is 0.287 e. The van der Waals surface area contributed by atoms with E-state index in [4.69, 9.17) is 4.42 Å². The molecule has 1 atom stereocenters. The van der Waals surface area contributed by atoms with Crippen molar-refractivity contribution in [2.24, 2.45) is 0 Å². The van der Waals surface area contributed by atoms with Crippen LogP contribution in [0.1, 0.15) is 34.6 Å². The summed E-state index contributed by atoms with van der Waals surface area (Å²) < 4.78 is 32.6. The zero-order valence-electron chi connectivity index (χ0n) is 17.3. The van der Waals surface area contributed by atoms with E-state index in [1.807, 2.05) is 35.1 Å². The molecule has 0 bridgehead atoms. The van der Waals surface area contributed by atoms with Crippen LogP contribution in [0.4, 0.5) is 0 Å². The molecule has 8 nitrogen and oxygen atoms in total. The number of rotatable bonds is 9. The van der Waals surface area contributed by atoms with Gasteiger partial charge in [-0.25, -0.2) is 8.42 Å². The molecule has 1 N–H and O–H groups in total. The Morgan fingerprint density at radius 2 is 1.88 bits per heavy atom. The van der Waals surface area contributed by atoms with Gasteiger partial charge in [-0.15, -0.1) is 10.2 Å². The fourth-order valence-corrected chi connectivity index (χ4v) is 5.04. The van der Waals surface area contributed by atoms with Gasteiger partial charge in [0.15, 0.2) is 27.1 Å². The minimum Gasteiger partial charge on any atom is -0.455 e. The standard InChI is InChI=1S/C22H22N4O4S2/c1-31-14-12-18(21-25-24-20-9-5-6-13-26(20)21)23-22(27)19-11-10-16(30-19)15-32(28,29)17-7-3-2-4-8-17/h2-11,13,18H,12,14-15H2,1H3,(H,23,27). The number of nitrogens with one attached hydrogen (secondary N) is 1. The van der Waals surface area contributed by atoms with E-state index >= 15 is 0 Å². The lowest BCUT2D eigenvalue weighted by atomic mass is 10.2. The number of hydrogen-bond acceptors (Lipinski definition) is 7. The minimum atomic E-state index is -3.57. The largest absolute Gasteiger partial charge is 0.455 e. The third-order valence-corrected chi connectivity index (χ3v) is 7.19. The van der Waals surface area contributed by atoms with Crippen LogP contribution in [0.25, 0.3) is 5.65 Å². The monoisotopic (exact) mass is 470 g/mol. The van der Waals surface area contributed by atoms with Crippen LogP contribution < -0.4 is 5.32 Å². The number of sulfone groups is 1. The third kappa shape index (κ3) is 4.86.